The molecule has 1 aliphatic carbocycles. The summed E-state index contributed by atoms with van der Waals surface area (Å²) in [5.74, 6) is -11.4. The second-order valence-electron chi connectivity index (χ2n) is 4.90. The molecule has 1 N–H and O–H groups in total. The average molecular weight is 361 g/mol. The Balaban J connectivity index is 2.20. The summed E-state index contributed by atoms with van der Waals surface area (Å²) in [5, 5.41) is 3.17. The number of hydrogen-bond donors (Lipinski definition) is 1. The summed E-state index contributed by atoms with van der Waals surface area (Å²) < 4.78 is 64.1. The van der Waals surface area contributed by atoms with Crippen LogP contribution in [0.3, 0.4) is 0 Å². The van der Waals surface area contributed by atoms with E-state index in [2.05, 4.69) is 5.10 Å². The van der Waals surface area contributed by atoms with Gasteiger partial charge in [-0.3, -0.25) is 4.79 Å². The van der Waals surface area contributed by atoms with Crippen molar-refractivity contribution in [3.8, 4) is 0 Å². The Bertz CT molecular complexity index is 666. The fraction of sp³-hybridized carbons (Fsp3) is 0.333. The molecule has 0 bridgehead atoms. The second-order valence-corrected chi connectivity index (χ2v) is 6.38. The standard InChI is InChI=1S/C12H7Cl2F5N2O/c1-11(3-12(11,13)14)10(22)21-20-2-4-5(15)7(17)9(19)8(18)6(4)16/h2H,3H2,1H3,(H,21,22)/t11-/m1/s1. The molecule has 1 amide bonds. The molecule has 0 spiro atoms. The Kier molecular flexibility index (Phi) is 4.12. The lowest BCUT2D eigenvalue weighted by Crippen LogP contribution is -2.29. The molecular weight excluding hydrogens is 354 g/mol. The monoisotopic (exact) mass is 360 g/mol. The maximum Gasteiger partial charge on any atom is 0.249 e. The van der Waals surface area contributed by atoms with Gasteiger partial charge < -0.3 is 0 Å². The van der Waals surface area contributed by atoms with Crippen LogP contribution in [0.1, 0.15) is 18.9 Å². The van der Waals surface area contributed by atoms with Crippen molar-refractivity contribution in [2.24, 2.45) is 10.5 Å². The summed E-state index contributed by atoms with van der Waals surface area (Å²) in [4.78, 5) is 11.7. The SMILES string of the molecule is C[C@]1(C(=O)NN=Cc2c(F)c(F)c(F)c(F)c2F)CC1(Cl)Cl. The predicted octanol–water partition coefficient (Wildman–Crippen LogP) is 3.42. The number of carbonyl (C=O) groups excluding carboxylic acids is 1. The van der Waals surface area contributed by atoms with Crippen LogP contribution < -0.4 is 5.43 Å². The number of rotatable bonds is 3. The Labute approximate surface area is 131 Å². The number of hydrazone groups is 1. The number of halogens is 7. The highest BCUT2D eigenvalue weighted by atomic mass is 35.5. The third kappa shape index (κ3) is 2.54. The van der Waals surface area contributed by atoms with Crippen LogP contribution in [0.4, 0.5) is 22.0 Å². The first kappa shape index (κ1) is 17.0. The van der Waals surface area contributed by atoms with Crippen molar-refractivity contribution >= 4 is 35.3 Å². The van der Waals surface area contributed by atoms with Gasteiger partial charge in [-0.1, -0.05) is 0 Å². The van der Waals surface area contributed by atoms with Crippen molar-refractivity contribution < 1.29 is 26.7 Å². The van der Waals surface area contributed by atoms with E-state index in [-0.39, 0.29) is 6.42 Å². The molecule has 0 saturated heterocycles. The van der Waals surface area contributed by atoms with Gasteiger partial charge in [-0.2, -0.15) is 5.10 Å². The smallest absolute Gasteiger partial charge is 0.249 e. The van der Waals surface area contributed by atoms with Gasteiger partial charge in [0.2, 0.25) is 11.7 Å². The van der Waals surface area contributed by atoms with Crippen molar-refractivity contribution in [1.82, 2.24) is 5.43 Å². The zero-order valence-corrected chi connectivity index (χ0v) is 12.3. The molecule has 0 radical (unpaired) electrons. The molecule has 1 fully saturated rings. The van der Waals surface area contributed by atoms with Crippen molar-refractivity contribution in [3.05, 3.63) is 34.6 Å². The minimum absolute atomic E-state index is 0.132. The van der Waals surface area contributed by atoms with E-state index >= 15 is 0 Å². The van der Waals surface area contributed by atoms with Gasteiger partial charge in [-0.15, -0.1) is 23.2 Å². The first-order valence-electron chi connectivity index (χ1n) is 5.75. The Morgan fingerprint density at radius 1 is 1.09 bits per heavy atom. The molecule has 0 unspecified atom stereocenters. The maximum atomic E-state index is 13.3. The molecule has 1 aliphatic rings. The van der Waals surface area contributed by atoms with Crippen molar-refractivity contribution in [3.63, 3.8) is 0 Å². The van der Waals surface area contributed by atoms with E-state index in [1.54, 1.807) is 0 Å². The number of nitrogens with one attached hydrogen (secondary N) is 1. The van der Waals surface area contributed by atoms with Gasteiger partial charge in [0.25, 0.3) is 0 Å². The molecule has 0 aromatic heterocycles. The fourth-order valence-corrected chi connectivity index (χ4v) is 2.37. The van der Waals surface area contributed by atoms with E-state index in [0.717, 1.165) is 0 Å². The van der Waals surface area contributed by atoms with Crippen LogP contribution in [-0.2, 0) is 4.79 Å². The second kappa shape index (κ2) is 5.34. The molecule has 120 valence electrons. The van der Waals surface area contributed by atoms with E-state index in [4.69, 9.17) is 23.2 Å². The normalized spacial score (nSPS) is 22.9. The highest BCUT2D eigenvalue weighted by Gasteiger charge is 2.68. The molecule has 10 heteroatoms. The lowest BCUT2D eigenvalue weighted by atomic mass is 10.1. The van der Waals surface area contributed by atoms with Crippen molar-refractivity contribution in [2.45, 2.75) is 17.7 Å². The van der Waals surface area contributed by atoms with Crippen LogP contribution in [0.5, 0.6) is 0 Å². The number of hydrogen-bond acceptors (Lipinski definition) is 2. The molecule has 2 rings (SSSR count). The summed E-state index contributed by atoms with van der Waals surface area (Å²) in [6, 6.07) is 0. The number of benzene rings is 1. The molecule has 22 heavy (non-hydrogen) atoms. The third-order valence-electron chi connectivity index (χ3n) is 3.36. The topological polar surface area (TPSA) is 41.5 Å². The van der Waals surface area contributed by atoms with Gasteiger partial charge >= 0.3 is 0 Å². The zero-order chi connectivity index (χ0) is 16.9. The highest BCUT2D eigenvalue weighted by Crippen LogP contribution is 2.63. The minimum atomic E-state index is -2.28. The van der Waals surface area contributed by atoms with Gasteiger partial charge in [0.1, 0.15) is 4.33 Å². The maximum absolute atomic E-state index is 13.3. The Morgan fingerprint density at radius 3 is 1.91 bits per heavy atom. The van der Waals surface area contributed by atoms with E-state index in [9.17, 15) is 26.7 Å². The van der Waals surface area contributed by atoms with E-state index in [1.165, 1.54) is 6.92 Å². The van der Waals surface area contributed by atoms with E-state index < -0.39 is 50.3 Å². The fourth-order valence-electron chi connectivity index (χ4n) is 1.66. The Morgan fingerprint density at radius 2 is 1.50 bits per heavy atom. The van der Waals surface area contributed by atoms with Gasteiger partial charge in [-0.25, -0.2) is 27.4 Å². The van der Waals surface area contributed by atoms with E-state index in [1.807, 2.05) is 5.43 Å². The summed E-state index contributed by atoms with van der Waals surface area (Å²) in [7, 11) is 0. The van der Waals surface area contributed by atoms with Crippen LogP contribution in [0.15, 0.2) is 5.10 Å². The van der Waals surface area contributed by atoms with Crippen LogP contribution in [0.25, 0.3) is 0 Å². The van der Waals surface area contributed by atoms with Gasteiger partial charge in [0.05, 0.1) is 17.2 Å². The quantitative estimate of drug-likeness (QED) is 0.220. The molecule has 0 aliphatic heterocycles. The van der Waals surface area contributed by atoms with Crippen LogP contribution in [0, 0.1) is 34.5 Å². The summed E-state index contributed by atoms with van der Waals surface area (Å²) in [6.07, 6.45) is 0.442. The molecular formula is C12H7Cl2F5N2O. The third-order valence-corrected chi connectivity index (χ3v) is 4.46. The average Bonchev–Trinajstić information content (AvgIpc) is 2.98. The molecule has 1 atom stereocenters. The molecule has 1 aromatic carbocycles. The van der Waals surface area contributed by atoms with Gasteiger partial charge in [0.15, 0.2) is 23.3 Å². The predicted molar refractivity (Wildman–Crippen MR) is 69.1 cm³/mol. The number of amides is 1. The number of nitrogens with zero attached hydrogens (tertiary/aromatic N) is 1. The first-order valence-corrected chi connectivity index (χ1v) is 6.51. The zero-order valence-electron chi connectivity index (χ0n) is 10.8. The summed E-state index contributed by atoms with van der Waals surface area (Å²) in [5.41, 5.74) is -0.539. The molecule has 3 nitrogen and oxygen atoms in total. The van der Waals surface area contributed by atoms with E-state index in [0.29, 0.717) is 6.21 Å². The molecule has 1 saturated carbocycles. The van der Waals surface area contributed by atoms with Crippen LogP contribution in [-0.4, -0.2) is 16.5 Å². The van der Waals surface area contributed by atoms with Gasteiger partial charge in [0, 0.05) is 0 Å². The summed E-state index contributed by atoms with van der Waals surface area (Å²) >= 11 is 11.5. The lowest BCUT2D eigenvalue weighted by molar-refractivity contribution is -0.125. The minimum Gasteiger partial charge on any atom is -0.272 e. The van der Waals surface area contributed by atoms with Gasteiger partial charge in [-0.05, 0) is 13.3 Å². The van der Waals surface area contributed by atoms with Crippen molar-refractivity contribution in [1.29, 1.82) is 0 Å². The Hall–Kier alpha value is -1.41. The molecule has 1 aromatic rings. The lowest BCUT2D eigenvalue weighted by Gasteiger charge is -2.09. The molecule has 0 heterocycles. The summed E-state index contributed by atoms with van der Waals surface area (Å²) in [6.45, 7) is 1.43. The number of carbonyl (C=O) groups is 1. The number of alkyl halides is 2. The van der Waals surface area contributed by atoms with Crippen LogP contribution >= 0.6 is 23.2 Å². The van der Waals surface area contributed by atoms with Crippen LogP contribution in [0.2, 0.25) is 0 Å². The first-order chi connectivity index (χ1) is 10.0. The van der Waals surface area contributed by atoms with Crippen molar-refractivity contribution in [2.75, 3.05) is 0 Å². The largest absolute Gasteiger partial charge is 0.272 e. The highest BCUT2D eigenvalue weighted by molar-refractivity contribution is 6.53.